The summed E-state index contributed by atoms with van der Waals surface area (Å²) in [6, 6.07) is 5.97. The molecule has 0 spiro atoms. The third-order valence-corrected chi connectivity index (χ3v) is 3.18. The molecule has 2 rings (SSSR count). The maximum absolute atomic E-state index is 11.2. The molecule has 18 heavy (non-hydrogen) atoms. The van der Waals surface area contributed by atoms with Crippen LogP contribution in [0.1, 0.15) is 17.3 Å². The molecule has 5 nitrogen and oxygen atoms in total. The molecule has 1 amide bonds. The maximum Gasteiger partial charge on any atom is 0.252 e. The van der Waals surface area contributed by atoms with Crippen LogP contribution in [0.5, 0.6) is 5.75 Å². The van der Waals surface area contributed by atoms with Crippen LogP contribution >= 0.6 is 0 Å². The lowest BCUT2D eigenvalue weighted by atomic mass is 10.1. The fourth-order valence-corrected chi connectivity index (χ4v) is 2.25. The molecular weight excluding hydrogens is 230 g/mol. The van der Waals surface area contributed by atoms with Crippen LogP contribution in [0.2, 0.25) is 0 Å². The number of hydrogen-bond acceptors (Lipinski definition) is 4. The molecule has 1 aromatic rings. The Morgan fingerprint density at radius 2 is 2.33 bits per heavy atom. The molecular formula is C13H19N3O2. The second kappa shape index (κ2) is 5.27. The number of piperazine rings is 1. The summed E-state index contributed by atoms with van der Waals surface area (Å²) in [4.78, 5) is 13.5. The highest BCUT2D eigenvalue weighted by molar-refractivity contribution is 5.96. The van der Waals surface area contributed by atoms with E-state index in [2.05, 4.69) is 17.1 Å². The average molecular weight is 249 g/mol. The Bertz CT molecular complexity index is 448. The van der Waals surface area contributed by atoms with Crippen LogP contribution < -0.4 is 20.7 Å². The first-order valence-electron chi connectivity index (χ1n) is 6.08. The van der Waals surface area contributed by atoms with Crippen LogP contribution in [0.15, 0.2) is 18.2 Å². The van der Waals surface area contributed by atoms with Crippen molar-refractivity contribution in [3.05, 3.63) is 23.8 Å². The van der Waals surface area contributed by atoms with Crippen LogP contribution in [0.25, 0.3) is 0 Å². The highest BCUT2D eigenvalue weighted by atomic mass is 16.5. The summed E-state index contributed by atoms with van der Waals surface area (Å²) in [5.41, 5.74) is 6.78. The minimum Gasteiger partial charge on any atom is -0.496 e. The van der Waals surface area contributed by atoms with E-state index in [1.54, 1.807) is 13.2 Å². The van der Waals surface area contributed by atoms with Gasteiger partial charge in [-0.25, -0.2) is 0 Å². The number of carbonyl (C=O) groups excluding carboxylic acids is 1. The van der Waals surface area contributed by atoms with Gasteiger partial charge in [-0.05, 0) is 19.1 Å². The van der Waals surface area contributed by atoms with Crippen molar-refractivity contribution < 1.29 is 9.53 Å². The van der Waals surface area contributed by atoms with Crippen molar-refractivity contribution in [2.24, 2.45) is 5.73 Å². The second-order valence-electron chi connectivity index (χ2n) is 4.55. The quantitative estimate of drug-likeness (QED) is 0.823. The van der Waals surface area contributed by atoms with Crippen molar-refractivity contribution in [2.45, 2.75) is 13.0 Å². The van der Waals surface area contributed by atoms with E-state index in [0.29, 0.717) is 17.4 Å². The Hall–Kier alpha value is -1.75. The van der Waals surface area contributed by atoms with Gasteiger partial charge in [-0.1, -0.05) is 0 Å². The van der Waals surface area contributed by atoms with Crippen molar-refractivity contribution >= 4 is 11.6 Å². The van der Waals surface area contributed by atoms with Crippen LogP contribution in [0.3, 0.4) is 0 Å². The van der Waals surface area contributed by atoms with Gasteiger partial charge in [0.2, 0.25) is 0 Å². The summed E-state index contributed by atoms with van der Waals surface area (Å²) in [5, 5.41) is 3.39. The number of anilines is 1. The smallest absolute Gasteiger partial charge is 0.252 e. The van der Waals surface area contributed by atoms with Gasteiger partial charge in [0.25, 0.3) is 5.91 Å². The normalized spacial score (nSPS) is 19.7. The van der Waals surface area contributed by atoms with Gasteiger partial charge >= 0.3 is 0 Å². The lowest BCUT2D eigenvalue weighted by Gasteiger charge is -2.33. The first-order chi connectivity index (χ1) is 8.61. The summed E-state index contributed by atoms with van der Waals surface area (Å²) in [5.74, 6) is 0.0678. The highest BCUT2D eigenvalue weighted by Gasteiger charge is 2.18. The number of nitrogens with one attached hydrogen (secondary N) is 1. The van der Waals surface area contributed by atoms with E-state index in [1.165, 1.54) is 0 Å². The Morgan fingerprint density at radius 1 is 1.56 bits per heavy atom. The molecule has 1 aliphatic heterocycles. The number of primary amides is 1. The number of carbonyl (C=O) groups is 1. The minimum absolute atomic E-state index is 0.421. The fourth-order valence-electron chi connectivity index (χ4n) is 2.25. The van der Waals surface area contributed by atoms with E-state index >= 15 is 0 Å². The summed E-state index contributed by atoms with van der Waals surface area (Å²) in [7, 11) is 1.55. The first-order valence-corrected chi connectivity index (χ1v) is 6.08. The maximum atomic E-state index is 11.2. The van der Waals surface area contributed by atoms with E-state index in [4.69, 9.17) is 10.5 Å². The molecule has 0 aliphatic carbocycles. The number of methoxy groups -OCH3 is 1. The van der Waals surface area contributed by atoms with Gasteiger partial charge in [0.05, 0.1) is 12.7 Å². The molecule has 1 atom stereocenters. The molecule has 1 heterocycles. The van der Waals surface area contributed by atoms with Gasteiger partial charge in [0.1, 0.15) is 5.75 Å². The van der Waals surface area contributed by atoms with E-state index in [-0.39, 0.29) is 0 Å². The molecule has 1 saturated heterocycles. The molecule has 1 aliphatic rings. The van der Waals surface area contributed by atoms with Crippen LogP contribution in [-0.2, 0) is 0 Å². The number of nitrogens with two attached hydrogens (primary N) is 1. The fraction of sp³-hybridized carbons (Fsp3) is 0.462. The van der Waals surface area contributed by atoms with E-state index in [9.17, 15) is 4.79 Å². The number of hydrogen-bond donors (Lipinski definition) is 2. The van der Waals surface area contributed by atoms with Crippen LogP contribution in [0, 0.1) is 0 Å². The zero-order valence-electron chi connectivity index (χ0n) is 10.8. The van der Waals surface area contributed by atoms with Gasteiger partial charge in [-0.15, -0.1) is 0 Å². The minimum atomic E-state index is -0.466. The number of amides is 1. The molecule has 0 aromatic heterocycles. The molecule has 0 bridgehead atoms. The second-order valence-corrected chi connectivity index (χ2v) is 4.55. The van der Waals surface area contributed by atoms with Crippen molar-refractivity contribution in [2.75, 3.05) is 31.6 Å². The zero-order chi connectivity index (χ0) is 13.1. The molecule has 0 unspecified atom stereocenters. The monoisotopic (exact) mass is 249 g/mol. The van der Waals surface area contributed by atoms with Gasteiger partial charge in [-0.3, -0.25) is 4.79 Å². The van der Waals surface area contributed by atoms with E-state index in [1.807, 2.05) is 12.1 Å². The highest BCUT2D eigenvalue weighted by Crippen LogP contribution is 2.26. The number of ether oxygens (including phenoxy) is 1. The average Bonchev–Trinajstić information content (AvgIpc) is 2.37. The molecule has 0 radical (unpaired) electrons. The van der Waals surface area contributed by atoms with Crippen molar-refractivity contribution in [1.29, 1.82) is 0 Å². The summed E-state index contributed by atoms with van der Waals surface area (Å²) in [6.07, 6.45) is 0. The molecule has 5 heteroatoms. The summed E-state index contributed by atoms with van der Waals surface area (Å²) in [6.45, 7) is 5.00. The SMILES string of the molecule is COc1cc(N2CCN[C@H](C)C2)ccc1C(N)=O. The van der Waals surface area contributed by atoms with Crippen molar-refractivity contribution in [3.63, 3.8) is 0 Å². The zero-order valence-corrected chi connectivity index (χ0v) is 10.8. The van der Waals surface area contributed by atoms with Gasteiger partial charge in [0, 0.05) is 37.4 Å². The molecule has 3 N–H and O–H groups in total. The van der Waals surface area contributed by atoms with Gasteiger partial charge < -0.3 is 20.7 Å². The van der Waals surface area contributed by atoms with Gasteiger partial charge in [0.15, 0.2) is 0 Å². The number of nitrogens with zero attached hydrogens (tertiary/aromatic N) is 1. The van der Waals surface area contributed by atoms with Crippen molar-refractivity contribution in [3.8, 4) is 5.75 Å². The van der Waals surface area contributed by atoms with Gasteiger partial charge in [-0.2, -0.15) is 0 Å². The Labute approximate surface area is 107 Å². The Kier molecular flexibility index (Phi) is 3.72. The van der Waals surface area contributed by atoms with Crippen LogP contribution in [-0.4, -0.2) is 38.7 Å². The van der Waals surface area contributed by atoms with E-state index in [0.717, 1.165) is 25.3 Å². The van der Waals surface area contributed by atoms with Crippen LogP contribution in [0.4, 0.5) is 5.69 Å². The molecule has 0 saturated carbocycles. The third-order valence-electron chi connectivity index (χ3n) is 3.18. The van der Waals surface area contributed by atoms with E-state index < -0.39 is 5.91 Å². The molecule has 1 fully saturated rings. The third kappa shape index (κ3) is 2.56. The molecule has 98 valence electrons. The largest absolute Gasteiger partial charge is 0.496 e. The Balaban J connectivity index is 2.26. The lowest BCUT2D eigenvalue weighted by molar-refractivity contribution is 0.0997. The predicted octanol–water partition coefficient (Wildman–Crippen LogP) is 0.592. The first kappa shape index (κ1) is 12.7. The summed E-state index contributed by atoms with van der Waals surface area (Å²) < 4.78 is 5.22. The number of benzene rings is 1. The summed E-state index contributed by atoms with van der Waals surface area (Å²) >= 11 is 0. The Morgan fingerprint density at radius 3 is 2.94 bits per heavy atom. The standard InChI is InChI=1S/C13H19N3O2/c1-9-8-16(6-5-15-9)10-3-4-11(13(14)17)12(7-10)18-2/h3-4,7,9,15H,5-6,8H2,1-2H3,(H2,14,17)/t9-/m1/s1. The van der Waals surface area contributed by atoms with Crippen molar-refractivity contribution in [1.82, 2.24) is 5.32 Å². The topological polar surface area (TPSA) is 67.6 Å². The predicted molar refractivity (Wildman–Crippen MR) is 71.2 cm³/mol. The lowest BCUT2D eigenvalue weighted by Crippen LogP contribution is -2.49. The molecule has 1 aromatic carbocycles. The number of rotatable bonds is 3.